The smallest absolute Gasteiger partial charge is 0.256 e. The van der Waals surface area contributed by atoms with Crippen molar-refractivity contribution in [2.24, 2.45) is 0 Å². The predicted molar refractivity (Wildman–Crippen MR) is 138 cm³/mol. The molecule has 32 heavy (non-hydrogen) atoms. The topological polar surface area (TPSA) is 42.0 Å². The molecule has 3 aromatic carbocycles. The number of halogens is 2. The molecule has 0 spiro atoms. The number of benzene rings is 3. The quantitative estimate of drug-likeness (QED) is 0.303. The number of rotatable bonds is 4. The second-order valence-electron chi connectivity index (χ2n) is 8.05. The molecule has 4 rings (SSSR count). The number of carbonyl (C=O) groups is 1. The van der Waals surface area contributed by atoms with Crippen LogP contribution in [-0.2, 0) is 6.42 Å². The lowest BCUT2D eigenvalue weighted by Gasteiger charge is -2.17. The highest BCUT2D eigenvalue weighted by Gasteiger charge is 2.21. The Balaban J connectivity index is 1.93. The minimum absolute atomic E-state index is 0.132. The molecular formula is C27H24BrClN2O. The van der Waals surface area contributed by atoms with E-state index in [0.717, 1.165) is 61.0 Å². The van der Waals surface area contributed by atoms with Crippen LogP contribution in [0, 0.1) is 20.8 Å². The Bertz CT molecular complexity index is 1350. The number of amides is 1. The molecule has 0 aliphatic carbocycles. The Morgan fingerprint density at radius 1 is 1.03 bits per heavy atom. The number of hydrogen-bond donors (Lipinski definition) is 1. The van der Waals surface area contributed by atoms with E-state index in [0.29, 0.717) is 10.6 Å². The summed E-state index contributed by atoms with van der Waals surface area (Å²) in [5.74, 6) is -0.132. The predicted octanol–water partition coefficient (Wildman–Crippen LogP) is 8.06. The van der Waals surface area contributed by atoms with E-state index in [1.165, 1.54) is 0 Å². The number of carbonyl (C=O) groups excluding carboxylic acids is 1. The summed E-state index contributed by atoms with van der Waals surface area (Å²) < 4.78 is 0.995. The molecule has 1 N–H and O–H groups in total. The van der Waals surface area contributed by atoms with Crippen LogP contribution in [0.15, 0.2) is 59.1 Å². The van der Waals surface area contributed by atoms with Crippen LogP contribution in [0.4, 0.5) is 5.69 Å². The highest BCUT2D eigenvalue weighted by molar-refractivity contribution is 9.10. The highest BCUT2D eigenvalue weighted by atomic mass is 79.9. The van der Waals surface area contributed by atoms with Crippen molar-refractivity contribution < 1.29 is 4.79 Å². The molecule has 0 saturated carbocycles. The first kappa shape index (κ1) is 22.5. The standard InChI is InChI=1S/C27H24BrClN2O/c1-5-18-14-20(28)8-11-23(18)30-27(32)24-17(4)26(19-6-9-21(29)10-7-19)31-25-16(3)12-15(2)13-22(24)25/h6-14H,5H2,1-4H3,(H,30,32). The zero-order valence-electron chi connectivity index (χ0n) is 18.5. The first-order valence-electron chi connectivity index (χ1n) is 10.6. The molecule has 1 amide bonds. The van der Waals surface area contributed by atoms with E-state index in [1.807, 2.05) is 69.3 Å². The summed E-state index contributed by atoms with van der Waals surface area (Å²) in [6.45, 7) is 8.12. The zero-order valence-corrected chi connectivity index (χ0v) is 20.9. The van der Waals surface area contributed by atoms with Crippen molar-refractivity contribution in [1.82, 2.24) is 4.98 Å². The minimum atomic E-state index is -0.132. The van der Waals surface area contributed by atoms with Gasteiger partial charge in [-0.2, -0.15) is 0 Å². The van der Waals surface area contributed by atoms with E-state index in [2.05, 4.69) is 34.2 Å². The molecule has 0 bridgehead atoms. The van der Waals surface area contributed by atoms with Gasteiger partial charge in [0.25, 0.3) is 5.91 Å². The van der Waals surface area contributed by atoms with Crippen molar-refractivity contribution >= 4 is 50.0 Å². The summed E-state index contributed by atoms with van der Waals surface area (Å²) in [7, 11) is 0. The van der Waals surface area contributed by atoms with Crippen LogP contribution in [0.2, 0.25) is 5.02 Å². The second-order valence-corrected chi connectivity index (χ2v) is 9.41. The Kier molecular flexibility index (Phi) is 6.36. The largest absolute Gasteiger partial charge is 0.322 e. The van der Waals surface area contributed by atoms with Gasteiger partial charge in [-0.3, -0.25) is 4.79 Å². The summed E-state index contributed by atoms with van der Waals surface area (Å²) in [5.41, 5.74) is 8.09. The number of aryl methyl sites for hydroxylation is 3. The number of anilines is 1. The molecule has 4 aromatic rings. The highest BCUT2D eigenvalue weighted by Crippen LogP contribution is 2.33. The summed E-state index contributed by atoms with van der Waals surface area (Å²) in [4.78, 5) is 18.7. The van der Waals surface area contributed by atoms with Crippen LogP contribution < -0.4 is 5.32 Å². The molecule has 0 radical (unpaired) electrons. The van der Waals surface area contributed by atoms with Crippen LogP contribution in [0.1, 0.15) is 39.5 Å². The molecule has 5 heteroatoms. The van der Waals surface area contributed by atoms with E-state index < -0.39 is 0 Å². The number of aromatic nitrogens is 1. The molecule has 1 aromatic heterocycles. The zero-order chi connectivity index (χ0) is 23.0. The molecule has 0 atom stereocenters. The van der Waals surface area contributed by atoms with Gasteiger partial charge in [-0.25, -0.2) is 4.98 Å². The average molecular weight is 508 g/mol. The fourth-order valence-corrected chi connectivity index (χ4v) is 4.69. The number of hydrogen-bond acceptors (Lipinski definition) is 2. The van der Waals surface area contributed by atoms with Crippen LogP contribution in [0.25, 0.3) is 22.2 Å². The Morgan fingerprint density at radius 2 is 1.75 bits per heavy atom. The van der Waals surface area contributed by atoms with Gasteiger partial charge in [0, 0.05) is 26.1 Å². The van der Waals surface area contributed by atoms with Gasteiger partial charge in [0.15, 0.2) is 0 Å². The van der Waals surface area contributed by atoms with Crippen LogP contribution in [-0.4, -0.2) is 10.9 Å². The number of nitrogens with one attached hydrogen (secondary N) is 1. The third-order valence-electron chi connectivity index (χ3n) is 5.71. The summed E-state index contributed by atoms with van der Waals surface area (Å²) in [6, 6.07) is 17.7. The summed E-state index contributed by atoms with van der Waals surface area (Å²) in [6.07, 6.45) is 0.819. The van der Waals surface area contributed by atoms with E-state index in [9.17, 15) is 4.79 Å². The second kappa shape index (κ2) is 9.05. The third-order valence-corrected chi connectivity index (χ3v) is 6.45. The monoisotopic (exact) mass is 506 g/mol. The summed E-state index contributed by atoms with van der Waals surface area (Å²) >= 11 is 9.62. The fourth-order valence-electron chi connectivity index (χ4n) is 4.16. The molecule has 162 valence electrons. The van der Waals surface area contributed by atoms with E-state index in [1.54, 1.807) is 0 Å². The lowest BCUT2D eigenvalue weighted by atomic mass is 9.94. The third kappa shape index (κ3) is 4.30. The molecule has 0 fully saturated rings. The molecule has 0 aliphatic rings. The van der Waals surface area contributed by atoms with Gasteiger partial charge in [-0.1, -0.05) is 58.2 Å². The van der Waals surface area contributed by atoms with Crippen LogP contribution in [0.5, 0.6) is 0 Å². The van der Waals surface area contributed by atoms with Crippen molar-refractivity contribution in [2.75, 3.05) is 5.32 Å². The molecule has 1 heterocycles. The average Bonchev–Trinajstić information content (AvgIpc) is 2.75. The van der Waals surface area contributed by atoms with Crippen molar-refractivity contribution in [3.8, 4) is 11.3 Å². The maximum absolute atomic E-state index is 13.7. The van der Waals surface area contributed by atoms with Gasteiger partial charge < -0.3 is 5.32 Å². The first-order chi connectivity index (χ1) is 15.3. The molecule has 0 saturated heterocycles. The lowest BCUT2D eigenvalue weighted by molar-refractivity contribution is 0.102. The minimum Gasteiger partial charge on any atom is -0.322 e. The van der Waals surface area contributed by atoms with E-state index in [-0.39, 0.29) is 5.91 Å². The number of fused-ring (bicyclic) bond motifs is 1. The van der Waals surface area contributed by atoms with Crippen molar-refractivity contribution in [2.45, 2.75) is 34.1 Å². The van der Waals surface area contributed by atoms with Gasteiger partial charge in [-0.15, -0.1) is 0 Å². The van der Waals surface area contributed by atoms with E-state index >= 15 is 0 Å². The Labute approximate surface area is 202 Å². The first-order valence-corrected chi connectivity index (χ1v) is 11.7. The maximum atomic E-state index is 13.7. The molecule has 0 unspecified atom stereocenters. The Hall–Kier alpha value is -2.69. The lowest BCUT2D eigenvalue weighted by Crippen LogP contribution is -2.16. The van der Waals surface area contributed by atoms with Gasteiger partial charge in [0.1, 0.15) is 0 Å². The van der Waals surface area contributed by atoms with Gasteiger partial charge in [-0.05, 0) is 80.3 Å². The number of pyridine rings is 1. The van der Waals surface area contributed by atoms with Crippen LogP contribution in [0.3, 0.4) is 0 Å². The van der Waals surface area contributed by atoms with Crippen molar-refractivity contribution in [1.29, 1.82) is 0 Å². The SMILES string of the molecule is CCc1cc(Br)ccc1NC(=O)c1c(C)c(-c2ccc(Cl)cc2)nc2c(C)cc(C)cc12. The maximum Gasteiger partial charge on any atom is 0.256 e. The fraction of sp³-hybridized carbons (Fsp3) is 0.185. The summed E-state index contributed by atoms with van der Waals surface area (Å²) in [5, 5.41) is 4.69. The van der Waals surface area contributed by atoms with Crippen molar-refractivity contribution in [3.05, 3.63) is 91.9 Å². The van der Waals surface area contributed by atoms with Crippen LogP contribution >= 0.6 is 27.5 Å². The van der Waals surface area contributed by atoms with Gasteiger partial charge >= 0.3 is 0 Å². The molecular weight excluding hydrogens is 484 g/mol. The normalized spacial score (nSPS) is 11.1. The van der Waals surface area contributed by atoms with Gasteiger partial charge in [0.05, 0.1) is 16.8 Å². The molecule has 3 nitrogen and oxygen atoms in total. The van der Waals surface area contributed by atoms with E-state index in [4.69, 9.17) is 16.6 Å². The Morgan fingerprint density at radius 3 is 2.44 bits per heavy atom. The molecule has 0 aliphatic heterocycles. The number of nitrogens with zero attached hydrogens (tertiary/aromatic N) is 1. The van der Waals surface area contributed by atoms with Gasteiger partial charge in [0.2, 0.25) is 0 Å². The van der Waals surface area contributed by atoms with Crippen molar-refractivity contribution in [3.63, 3.8) is 0 Å².